The van der Waals surface area contributed by atoms with Gasteiger partial charge in [-0.25, -0.2) is 0 Å². The van der Waals surface area contributed by atoms with Crippen molar-refractivity contribution in [3.05, 3.63) is 24.3 Å². The van der Waals surface area contributed by atoms with E-state index >= 15 is 0 Å². The summed E-state index contributed by atoms with van der Waals surface area (Å²) in [4.78, 5) is 27.5. The molecule has 0 saturated carbocycles. The van der Waals surface area contributed by atoms with Crippen LogP contribution in [-0.2, 0) is 9.59 Å². The molecule has 1 fully saturated rings. The smallest absolute Gasteiger partial charge is 0.224 e. The number of anilines is 1. The van der Waals surface area contributed by atoms with Crippen molar-refractivity contribution in [2.45, 2.75) is 33.1 Å². The van der Waals surface area contributed by atoms with Crippen LogP contribution >= 0.6 is 0 Å². The number of hydrogen-bond acceptors (Lipinski definition) is 3. The Hall–Kier alpha value is -2.04. The fourth-order valence-electron chi connectivity index (χ4n) is 2.69. The number of benzene rings is 1. The lowest BCUT2D eigenvalue weighted by Gasteiger charge is -2.23. The van der Waals surface area contributed by atoms with Crippen LogP contribution in [0.15, 0.2) is 24.3 Å². The number of carbonyl (C=O) groups excluding carboxylic acids is 2. The van der Waals surface area contributed by atoms with Crippen LogP contribution in [0.25, 0.3) is 0 Å². The van der Waals surface area contributed by atoms with Gasteiger partial charge in [0.25, 0.3) is 0 Å². The molecule has 0 aliphatic carbocycles. The first-order chi connectivity index (χ1) is 10.6. The molecule has 0 radical (unpaired) electrons. The summed E-state index contributed by atoms with van der Waals surface area (Å²) >= 11 is 0. The van der Waals surface area contributed by atoms with E-state index in [2.05, 4.69) is 0 Å². The average molecular weight is 304 g/mol. The molecule has 1 aromatic rings. The van der Waals surface area contributed by atoms with E-state index in [4.69, 9.17) is 4.74 Å². The summed E-state index contributed by atoms with van der Waals surface area (Å²) in [5.74, 6) is 0.857. The van der Waals surface area contributed by atoms with E-state index in [1.165, 1.54) is 6.92 Å². The van der Waals surface area contributed by atoms with Crippen molar-refractivity contribution < 1.29 is 14.3 Å². The Balaban J connectivity index is 1.97. The van der Waals surface area contributed by atoms with E-state index in [1.807, 2.05) is 36.1 Å². The molecule has 22 heavy (non-hydrogen) atoms. The number of rotatable bonds is 6. The van der Waals surface area contributed by atoms with Gasteiger partial charge >= 0.3 is 0 Å². The van der Waals surface area contributed by atoms with Gasteiger partial charge < -0.3 is 14.5 Å². The fraction of sp³-hybridized carbons (Fsp3) is 0.529. The van der Waals surface area contributed by atoms with Gasteiger partial charge in [-0.05, 0) is 44.0 Å². The molecule has 1 aliphatic rings. The third-order valence-electron chi connectivity index (χ3n) is 3.85. The van der Waals surface area contributed by atoms with Crippen LogP contribution in [0.1, 0.15) is 33.1 Å². The molecule has 0 unspecified atom stereocenters. The summed E-state index contributed by atoms with van der Waals surface area (Å²) in [7, 11) is 0. The van der Waals surface area contributed by atoms with Gasteiger partial charge in [0, 0.05) is 38.7 Å². The van der Waals surface area contributed by atoms with Gasteiger partial charge in [0.1, 0.15) is 5.75 Å². The first-order valence-electron chi connectivity index (χ1n) is 7.90. The quantitative estimate of drug-likeness (QED) is 0.811. The summed E-state index contributed by atoms with van der Waals surface area (Å²) in [6, 6.07) is 7.40. The predicted octanol–water partition coefficient (Wildman–Crippen LogP) is 2.45. The molecule has 2 amide bonds. The van der Waals surface area contributed by atoms with Gasteiger partial charge in [0.05, 0.1) is 6.61 Å². The van der Waals surface area contributed by atoms with Crippen molar-refractivity contribution in [1.82, 2.24) is 4.90 Å². The maximum absolute atomic E-state index is 12.1. The zero-order valence-corrected chi connectivity index (χ0v) is 13.4. The van der Waals surface area contributed by atoms with Crippen LogP contribution in [0.3, 0.4) is 0 Å². The summed E-state index contributed by atoms with van der Waals surface area (Å²) in [5, 5.41) is 0. The zero-order chi connectivity index (χ0) is 15.9. The number of carbonyl (C=O) groups is 2. The van der Waals surface area contributed by atoms with Crippen LogP contribution in [0, 0.1) is 0 Å². The van der Waals surface area contributed by atoms with Crippen LogP contribution in [0.2, 0.25) is 0 Å². The predicted molar refractivity (Wildman–Crippen MR) is 86.1 cm³/mol. The van der Waals surface area contributed by atoms with Gasteiger partial charge in [-0.15, -0.1) is 0 Å². The molecule has 1 saturated heterocycles. The Morgan fingerprint density at radius 2 is 1.82 bits per heavy atom. The summed E-state index contributed by atoms with van der Waals surface area (Å²) in [6.45, 7) is 6.18. The van der Waals surface area contributed by atoms with Crippen LogP contribution in [0.4, 0.5) is 5.69 Å². The molecular formula is C17H24N2O3. The highest BCUT2D eigenvalue weighted by atomic mass is 16.5. The highest BCUT2D eigenvalue weighted by molar-refractivity contribution is 5.92. The Morgan fingerprint density at radius 3 is 2.36 bits per heavy atom. The molecule has 1 heterocycles. The SMILES string of the molecule is CCOc1ccc(N(CCC(=O)N2CCCC2)C(C)=O)cc1. The molecule has 0 spiro atoms. The molecule has 1 aromatic carbocycles. The van der Waals surface area contributed by atoms with E-state index < -0.39 is 0 Å². The molecule has 5 nitrogen and oxygen atoms in total. The van der Waals surface area contributed by atoms with E-state index in [1.54, 1.807) is 4.90 Å². The molecule has 120 valence electrons. The largest absolute Gasteiger partial charge is 0.494 e. The molecule has 0 aromatic heterocycles. The first-order valence-corrected chi connectivity index (χ1v) is 7.90. The second-order valence-corrected chi connectivity index (χ2v) is 5.44. The zero-order valence-electron chi connectivity index (χ0n) is 13.4. The second-order valence-electron chi connectivity index (χ2n) is 5.44. The first kappa shape index (κ1) is 16.3. The minimum Gasteiger partial charge on any atom is -0.494 e. The van der Waals surface area contributed by atoms with Crippen LogP contribution < -0.4 is 9.64 Å². The highest BCUT2D eigenvalue weighted by Crippen LogP contribution is 2.20. The van der Waals surface area contributed by atoms with Gasteiger partial charge in [0.15, 0.2) is 0 Å². The van der Waals surface area contributed by atoms with Gasteiger partial charge in [-0.1, -0.05) is 0 Å². The molecule has 0 atom stereocenters. The minimum atomic E-state index is -0.0571. The van der Waals surface area contributed by atoms with E-state index in [9.17, 15) is 9.59 Å². The monoisotopic (exact) mass is 304 g/mol. The van der Waals surface area contributed by atoms with Crippen LogP contribution in [0.5, 0.6) is 5.75 Å². The number of hydrogen-bond donors (Lipinski definition) is 0. The third kappa shape index (κ3) is 4.23. The minimum absolute atomic E-state index is 0.0571. The summed E-state index contributed by atoms with van der Waals surface area (Å²) in [5.41, 5.74) is 0.796. The molecular weight excluding hydrogens is 280 g/mol. The lowest BCUT2D eigenvalue weighted by Crippen LogP contribution is -2.35. The molecule has 0 bridgehead atoms. The molecule has 1 aliphatic heterocycles. The Bertz CT molecular complexity index is 507. The van der Waals surface area contributed by atoms with Crippen molar-refractivity contribution in [3.63, 3.8) is 0 Å². The molecule has 0 N–H and O–H groups in total. The van der Waals surface area contributed by atoms with E-state index in [0.717, 1.165) is 37.4 Å². The highest BCUT2D eigenvalue weighted by Gasteiger charge is 2.20. The van der Waals surface area contributed by atoms with E-state index in [0.29, 0.717) is 19.6 Å². The van der Waals surface area contributed by atoms with Gasteiger partial charge in [-0.2, -0.15) is 0 Å². The third-order valence-corrected chi connectivity index (χ3v) is 3.85. The topological polar surface area (TPSA) is 49.9 Å². The number of ether oxygens (including phenoxy) is 1. The van der Waals surface area contributed by atoms with E-state index in [-0.39, 0.29) is 11.8 Å². The standard InChI is InChI=1S/C17H24N2O3/c1-3-22-16-8-6-15(7-9-16)19(14(2)20)13-10-17(21)18-11-4-5-12-18/h6-9H,3-5,10-13H2,1-2H3. The van der Waals surface area contributed by atoms with Gasteiger partial charge in [0.2, 0.25) is 11.8 Å². The summed E-state index contributed by atoms with van der Waals surface area (Å²) < 4.78 is 5.40. The summed E-state index contributed by atoms with van der Waals surface area (Å²) in [6.07, 6.45) is 2.54. The van der Waals surface area contributed by atoms with Crippen molar-refractivity contribution in [1.29, 1.82) is 0 Å². The van der Waals surface area contributed by atoms with Gasteiger partial charge in [-0.3, -0.25) is 9.59 Å². The van der Waals surface area contributed by atoms with Crippen LogP contribution in [-0.4, -0.2) is 43.0 Å². The normalized spacial score (nSPS) is 14.0. The van der Waals surface area contributed by atoms with Crippen molar-refractivity contribution in [2.75, 3.05) is 31.1 Å². The Kier molecular flexibility index (Phi) is 5.81. The van der Waals surface area contributed by atoms with Crippen molar-refractivity contribution >= 4 is 17.5 Å². The fourth-order valence-corrected chi connectivity index (χ4v) is 2.69. The number of amides is 2. The number of nitrogens with zero attached hydrogens (tertiary/aromatic N) is 2. The maximum atomic E-state index is 12.1. The van der Waals surface area contributed by atoms with Crippen molar-refractivity contribution in [2.24, 2.45) is 0 Å². The lowest BCUT2D eigenvalue weighted by atomic mass is 10.2. The Labute approximate surface area is 131 Å². The second kappa shape index (κ2) is 7.82. The number of likely N-dealkylation sites (tertiary alicyclic amines) is 1. The Morgan fingerprint density at radius 1 is 1.18 bits per heavy atom. The average Bonchev–Trinajstić information content (AvgIpc) is 3.03. The molecule has 5 heteroatoms. The maximum Gasteiger partial charge on any atom is 0.224 e. The van der Waals surface area contributed by atoms with Crippen molar-refractivity contribution in [3.8, 4) is 5.75 Å². The lowest BCUT2D eigenvalue weighted by molar-refractivity contribution is -0.129. The molecule has 2 rings (SSSR count).